The van der Waals surface area contributed by atoms with Crippen LogP contribution in [0.2, 0.25) is 0 Å². The second-order valence-electron chi connectivity index (χ2n) is 11.6. The molecule has 2 aliphatic heterocycles. The molecule has 0 bridgehead atoms. The predicted molar refractivity (Wildman–Crippen MR) is 163 cm³/mol. The number of carbonyl (C=O) groups excluding carboxylic acids is 4. The Morgan fingerprint density at radius 1 is 1.07 bits per heavy atom. The number of hydrogen-bond donors (Lipinski definition) is 1. The van der Waals surface area contributed by atoms with Crippen LogP contribution in [0.25, 0.3) is 10.4 Å². The molecule has 0 radical (unpaired) electrons. The van der Waals surface area contributed by atoms with Crippen molar-refractivity contribution in [2.45, 2.75) is 78.6 Å². The molecule has 1 aromatic heterocycles. The number of aryl methyl sites for hydroxylation is 2. The van der Waals surface area contributed by atoms with E-state index in [1.165, 1.54) is 10.5 Å². The monoisotopic (exact) mass is 586 g/mol. The average molecular weight is 587 g/mol. The SMILES string of the molecule is CCCCc1ccc2c(c1)CN([C@H](C(=O)N1CC(=O)C[C@H]1C(=O)NCc1ccc(-c3scnc3C)cc1)C(C)C)C2=O. The minimum atomic E-state index is -0.897. The van der Waals surface area contributed by atoms with Crippen LogP contribution >= 0.6 is 11.3 Å². The zero-order chi connectivity index (χ0) is 30.0. The van der Waals surface area contributed by atoms with Gasteiger partial charge in [-0.1, -0.05) is 63.6 Å². The molecule has 2 atom stereocenters. The highest BCUT2D eigenvalue weighted by Gasteiger charge is 2.45. The fourth-order valence-corrected chi connectivity index (χ4v) is 6.73. The molecule has 1 saturated heterocycles. The molecule has 0 spiro atoms. The number of nitrogens with zero attached hydrogens (tertiary/aromatic N) is 3. The van der Waals surface area contributed by atoms with Gasteiger partial charge in [0.25, 0.3) is 5.91 Å². The standard InChI is InChI=1S/C33H38N4O4S/c1-5-6-7-22-10-13-27-25(14-22)17-37(32(27)40)29(20(2)3)33(41)36-18-26(38)15-28(36)31(39)34-16-23-8-11-24(12-9-23)30-21(4)35-19-42-30/h8-14,19-20,28-29H,5-7,15-18H2,1-4H3,(H,34,39)/t28-,29-/m0/s1. The Hall–Kier alpha value is -3.85. The molecular weight excluding hydrogens is 548 g/mol. The first-order valence-electron chi connectivity index (χ1n) is 14.7. The van der Waals surface area contributed by atoms with Crippen LogP contribution in [0.5, 0.6) is 0 Å². The topological polar surface area (TPSA) is 99.7 Å². The van der Waals surface area contributed by atoms with E-state index in [1.807, 2.05) is 62.7 Å². The zero-order valence-corrected chi connectivity index (χ0v) is 25.5. The molecule has 0 unspecified atom stereocenters. The number of rotatable bonds is 10. The van der Waals surface area contributed by atoms with E-state index in [0.717, 1.165) is 46.5 Å². The number of ketones is 1. The third-order valence-electron chi connectivity index (χ3n) is 8.20. The lowest BCUT2D eigenvalue weighted by Gasteiger charge is -2.34. The first-order valence-corrected chi connectivity index (χ1v) is 15.6. The van der Waals surface area contributed by atoms with Gasteiger partial charge in [-0.25, -0.2) is 4.98 Å². The molecule has 2 aromatic carbocycles. The number of likely N-dealkylation sites (tertiary alicyclic amines) is 1. The molecule has 1 fully saturated rings. The molecule has 5 rings (SSSR count). The summed E-state index contributed by atoms with van der Waals surface area (Å²) in [6.07, 6.45) is 3.09. The van der Waals surface area contributed by atoms with Crippen molar-refractivity contribution in [1.82, 2.24) is 20.1 Å². The fraction of sp³-hybridized carbons (Fsp3) is 0.424. The van der Waals surface area contributed by atoms with Gasteiger partial charge >= 0.3 is 0 Å². The maximum Gasteiger partial charge on any atom is 0.255 e. The number of aromatic nitrogens is 1. The summed E-state index contributed by atoms with van der Waals surface area (Å²) in [5, 5.41) is 2.92. The molecule has 0 saturated carbocycles. The normalized spacial score (nSPS) is 17.2. The maximum absolute atomic E-state index is 14.0. The van der Waals surface area contributed by atoms with Crippen molar-refractivity contribution in [2.75, 3.05) is 6.54 Å². The lowest BCUT2D eigenvalue weighted by Crippen LogP contribution is -2.55. The number of amides is 3. The van der Waals surface area contributed by atoms with Crippen LogP contribution in [-0.4, -0.2) is 56.9 Å². The second kappa shape index (κ2) is 12.6. The Morgan fingerprint density at radius 3 is 2.48 bits per heavy atom. The number of nitrogens with one attached hydrogen (secondary N) is 1. The Kier molecular flexibility index (Phi) is 8.87. The number of benzene rings is 2. The molecule has 3 amide bonds. The van der Waals surface area contributed by atoms with E-state index >= 15 is 0 Å². The molecule has 42 heavy (non-hydrogen) atoms. The highest BCUT2D eigenvalue weighted by atomic mass is 32.1. The summed E-state index contributed by atoms with van der Waals surface area (Å²) in [6.45, 7) is 8.42. The minimum Gasteiger partial charge on any atom is -0.350 e. The third kappa shape index (κ3) is 6.02. The van der Waals surface area contributed by atoms with Crippen molar-refractivity contribution in [3.63, 3.8) is 0 Å². The molecular formula is C33H38N4O4S. The van der Waals surface area contributed by atoms with E-state index in [0.29, 0.717) is 12.1 Å². The first kappa shape index (κ1) is 29.6. The van der Waals surface area contributed by atoms with Crippen molar-refractivity contribution in [2.24, 2.45) is 5.92 Å². The van der Waals surface area contributed by atoms with Gasteiger partial charge in [-0.2, -0.15) is 0 Å². The van der Waals surface area contributed by atoms with Crippen molar-refractivity contribution in [1.29, 1.82) is 0 Å². The van der Waals surface area contributed by atoms with Gasteiger partial charge in [0.15, 0.2) is 5.78 Å². The summed E-state index contributed by atoms with van der Waals surface area (Å²) < 4.78 is 0. The Labute approximate surface area is 251 Å². The fourth-order valence-electron chi connectivity index (χ4n) is 5.92. The van der Waals surface area contributed by atoms with Gasteiger partial charge in [-0.05, 0) is 54.0 Å². The number of unbranched alkanes of at least 4 members (excludes halogenated alkanes) is 1. The average Bonchev–Trinajstić information content (AvgIpc) is 3.67. The summed E-state index contributed by atoms with van der Waals surface area (Å²) >= 11 is 1.58. The molecule has 2 aliphatic rings. The van der Waals surface area contributed by atoms with Crippen molar-refractivity contribution >= 4 is 34.8 Å². The molecule has 8 nitrogen and oxygen atoms in total. The van der Waals surface area contributed by atoms with Crippen LogP contribution in [0.3, 0.4) is 0 Å². The molecule has 1 N–H and O–H groups in total. The molecule has 3 heterocycles. The second-order valence-corrected chi connectivity index (χ2v) is 12.5. The summed E-state index contributed by atoms with van der Waals surface area (Å²) in [5.74, 6) is -1.26. The van der Waals surface area contributed by atoms with Gasteiger partial charge in [-0.3, -0.25) is 19.2 Å². The van der Waals surface area contributed by atoms with Crippen molar-refractivity contribution < 1.29 is 19.2 Å². The van der Waals surface area contributed by atoms with Gasteiger partial charge in [0.2, 0.25) is 11.8 Å². The van der Waals surface area contributed by atoms with Gasteiger partial charge in [0, 0.05) is 25.1 Å². The predicted octanol–water partition coefficient (Wildman–Crippen LogP) is 4.93. The van der Waals surface area contributed by atoms with Crippen LogP contribution in [0.4, 0.5) is 0 Å². The lowest BCUT2D eigenvalue weighted by molar-refractivity contribution is -0.143. The van der Waals surface area contributed by atoms with Gasteiger partial charge in [-0.15, -0.1) is 11.3 Å². The van der Waals surface area contributed by atoms with Gasteiger partial charge in [0.05, 0.1) is 22.6 Å². The summed E-state index contributed by atoms with van der Waals surface area (Å²) in [4.78, 5) is 61.7. The molecule has 3 aromatic rings. The smallest absolute Gasteiger partial charge is 0.255 e. The Bertz CT molecular complexity index is 1500. The third-order valence-corrected chi connectivity index (χ3v) is 9.18. The van der Waals surface area contributed by atoms with E-state index in [9.17, 15) is 19.2 Å². The summed E-state index contributed by atoms with van der Waals surface area (Å²) in [5.41, 5.74) is 7.52. The quantitative estimate of drug-likeness (QED) is 0.363. The van der Waals surface area contributed by atoms with E-state index in [4.69, 9.17) is 0 Å². The Morgan fingerprint density at radius 2 is 1.81 bits per heavy atom. The van der Waals surface area contributed by atoms with Crippen LogP contribution in [0.15, 0.2) is 48.0 Å². The number of hydrogen-bond acceptors (Lipinski definition) is 6. The number of thiazole rings is 1. The number of fused-ring (bicyclic) bond motifs is 1. The van der Waals surface area contributed by atoms with E-state index < -0.39 is 12.1 Å². The summed E-state index contributed by atoms with van der Waals surface area (Å²) in [6, 6.07) is 12.2. The van der Waals surface area contributed by atoms with Gasteiger partial charge < -0.3 is 15.1 Å². The van der Waals surface area contributed by atoms with Crippen molar-refractivity contribution in [3.8, 4) is 10.4 Å². The molecule has 220 valence electrons. The largest absolute Gasteiger partial charge is 0.350 e. The lowest BCUT2D eigenvalue weighted by atomic mass is 10.0. The van der Waals surface area contributed by atoms with Gasteiger partial charge in [0.1, 0.15) is 12.1 Å². The Balaban J connectivity index is 1.27. The first-order chi connectivity index (χ1) is 20.2. The van der Waals surface area contributed by atoms with Crippen LogP contribution in [0, 0.1) is 12.8 Å². The van der Waals surface area contributed by atoms with E-state index in [-0.39, 0.29) is 48.9 Å². The van der Waals surface area contributed by atoms with E-state index in [1.54, 1.807) is 16.2 Å². The van der Waals surface area contributed by atoms with Crippen molar-refractivity contribution in [3.05, 3.63) is 75.9 Å². The van der Waals surface area contributed by atoms with Crippen LogP contribution < -0.4 is 5.32 Å². The molecule has 9 heteroatoms. The summed E-state index contributed by atoms with van der Waals surface area (Å²) in [7, 11) is 0. The highest BCUT2D eigenvalue weighted by molar-refractivity contribution is 7.13. The highest BCUT2D eigenvalue weighted by Crippen LogP contribution is 2.31. The zero-order valence-electron chi connectivity index (χ0n) is 24.7. The van der Waals surface area contributed by atoms with Crippen LogP contribution in [0.1, 0.15) is 72.8 Å². The molecule has 0 aliphatic carbocycles. The number of Topliss-reactive ketones (excluding diaryl/α,β-unsaturated/α-hetero) is 1. The minimum absolute atomic E-state index is 0.0268. The van der Waals surface area contributed by atoms with E-state index in [2.05, 4.69) is 23.3 Å². The number of carbonyl (C=O) groups is 4. The van der Waals surface area contributed by atoms with Crippen LogP contribution in [-0.2, 0) is 33.9 Å². The maximum atomic E-state index is 14.0.